The second-order valence-electron chi connectivity index (χ2n) is 9.36. The van der Waals surface area contributed by atoms with Crippen molar-refractivity contribution in [3.63, 3.8) is 0 Å². The third-order valence-electron chi connectivity index (χ3n) is 7.37. The van der Waals surface area contributed by atoms with E-state index in [0.717, 1.165) is 68.4 Å². The predicted molar refractivity (Wildman–Crippen MR) is 143 cm³/mol. The Labute approximate surface area is 216 Å². The Balaban J connectivity index is 0.00000162. The molecule has 3 aliphatic rings. The third kappa shape index (κ3) is 5.88. The highest BCUT2D eigenvalue weighted by Gasteiger charge is 2.27. The fourth-order valence-electron chi connectivity index (χ4n) is 5.40. The first-order valence-corrected chi connectivity index (χ1v) is 13.6. The van der Waals surface area contributed by atoms with Crippen LogP contribution in [-0.2, 0) is 10.0 Å². The van der Waals surface area contributed by atoms with Gasteiger partial charge in [-0.05, 0) is 55.5 Å². The molecule has 1 aromatic heterocycles. The molecule has 2 aliphatic heterocycles. The molecule has 3 fully saturated rings. The van der Waals surface area contributed by atoms with Gasteiger partial charge in [0.25, 0.3) is 0 Å². The summed E-state index contributed by atoms with van der Waals surface area (Å²) in [5.74, 6) is 1.03. The van der Waals surface area contributed by atoms with Gasteiger partial charge in [0.2, 0.25) is 10.0 Å². The zero-order valence-corrected chi connectivity index (χ0v) is 22.1. The number of anilines is 1. The zero-order valence-electron chi connectivity index (χ0n) is 19.6. The van der Waals surface area contributed by atoms with Gasteiger partial charge in [-0.15, -0.1) is 24.8 Å². The number of nitrogens with zero attached hydrogens (tertiary/aromatic N) is 4. The molecule has 3 heterocycles. The summed E-state index contributed by atoms with van der Waals surface area (Å²) in [5.41, 5.74) is 2.01. The van der Waals surface area contributed by atoms with Crippen LogP contribution in [0, 0.1) is 0 Å². The molecular weight excluding hydrogens is 491 g/mol. The molecule has 9 heteroatoms. The van der Waals surface area contributed by atoms with Crippen molar-refractivity contribution < 1.29 is 8.42 Å². The molecule has 1 saturated carbocycles. The van der Waals surface area contributed by atoms with Crippen LogP contribution in [0.25, 0.3) is 11.1 Å². The normalized spacial score (nSPS) is 20.5. The SMILES string of the molecule is Cl.Cl.O=S(=O)(c1ccc(-c2ccc(N3CCN(C4CCCC4)CC3)nc2)cc1)N1CCCCC1. The second-order valence-corrected chi connectivity index (χ2v) is 11.3. The predicted octanol–water partition coefficient (Wildman–Crippen LogP) is 4.83. The molecule has 0 amide bonds. The number of piperazine rings is 1. The summed E-state index contributed by atoms with van der Waals surface area (Å²) >= 11 is 0. The average Bonchev–Trinajstić information content (AvgIpc) is 3.40. The van der Waals surface area contributed by atoms with Crippen molar-refractivity contribution in [2.45, 2.75) is 55.9 Å². The van der Waals surface area contributed by atoms with E-state index in [1.165, 1.54) is 25.7 Å². The van der Waals surface area contributed by atoms with Crippen molar-refractivity contribution >= 4 is 40.7 Å². The number of hydrogen-bond acceptors (Lipinski definition) is 5. The lowest BCUT2D eigenvalue weighted by molar-refractivity contribution is 0.187. The highest BCUT2D eigenvalue weighted by Crippen LogP contribution is 2.27. The molecule has 6 nitrogen and oxygen atoms in total. The van der Waals surface area contributed by atoms with E-state index in [0.29, 0.717) is 18.0 Å². The van der Waals surface area contributed by atoms with Crippen molar-refractivity contribution in [1.82, 2.24) is 14.2 Å². The fraction of sp³-hybridized carbons (Fsp3) is 0.560. The number of benzene rings is 1. The lowest BCUT2D eigenvalue weighted by atomic mass is 10.1. The molecule has 1 aromatic carbocycles. The third-order valence-corrected chi connectivity index (χ3v) is 9.28. The Morgan fingerprint density at radius 2 is 1.32 bits per heavy atom. The Morgan fingerprint density at radius 3 is 1.91 bits per heavy atom. The van der Waals surface area contributed by atoms with Crippen molar-refractivity contribution in [3.05, 3.63) is 42.6 Å². The van der Waals surface area contributed by atoms with Gasteiger partial charge in [0.05, 0.1) is 4.90 Å². The number of sulfonamides is 1. The topological polar surface area (TPSA) is 56.8 Å². The smallest absolute Gasteiger partial charge is 0.243 e. The largest absolute Gasteiger partial charge is 0.354 e. The maximum absolute atomic E-state index is 12.9. The van der Waals surface area contributed by atoms with E-state index in [-0.39, 0.29) is 24.8 Å². The van der Waals surface area contributed by atoms with Gasteiger partial charge in [-0.1, -0.05) is 31.4 Å². The standard InChI is InChI=1S/C25H34N4O2S.2ClH/c30-32(31,29-14-4-1-5-15-29)24-11-8-21(9-12-24)22-10-13-25(26-20-22)28-18-16-27(17-19-28)23-6-2-3-7-23;;/h8-13,20,23H,1-7,14-19H2;2*1H. The molecule has 0 N–H and O–H groups in total. The molecule has 0 bridgehead atoms. The molecule has 188 valence electrons. The summed E-state index contributed by atoms with van der Waals surface area (Å²) in [6.07, 6.45) is 10.4. The van der Waals surface area contributed by atoms with Gasteiger partial charge < -0.3 is 4.90 Å². The Morgan fingerprint density at radius 1 is 0.706 bits per heavy atom. The maximum Gasteiger partial charge on any atom is 0.243 e. The Kier molecular flexibility index (Phi) is 9.64. The highest BCUT2D eigenvalue weighted by atomic mass is 35.5. The maximum atomic E-state index is 12.9. The first-order valence-electron chi connectivity index (χ1n) is 12.2. The molecule has 0 spiro atoms. The summed E-state index contributed by atoms with van der Waals surface area (Å²) in [6, 6.07) is 12.2. The van der Waals surface area contributed by atoms with Gasteiger partial charge in [-0.3, -0.25) is 4.90 Å². The van der Waals surface area contributed by atoms with Crippen LogP contribution in [0.3, 0.4) is 0 Å². The van der Waals surface area contributed by atoms with Crippen LogP contribution < -0.4 is 4.90 Å². The van der Waals surface area contributed by atoms with E-state index in [2.05, 4.69) is 21.9 Å². The van der Waals surface area contributed by atoms with E-state index in [4.69, 9.17) is 4.98 Å². The number of rotatable bonds is 5. The van der Waals surface area contributed by atoms with Crippen LogP contribution in [0.1, 0.15) is 44.9 Å². The molecule has 34 heavy (non-hydrogen) atoms. The van der Waals surface area contributed by atoms with Crippen LogP contribution in [0.5, 0.6) is 0 Å². The van der Waals surface area contributed by atoms with Crippen LogP contribution >= 0.6 is 24.8 Å². The van der Waals surface area contributed by atoms with Gasteiger partial charge >= 0.3 is 0 Å². The van der Waals surface area contributed by atoms with Crippen LogP contribution in [0.4, 0.5) is 5.82 Å². The monoisotopic (exact) mass is 526 g/mol. The molecule has 1 aliphatic carbocycles. The van der Waals surface area contributed by atoms with E-state index >= 15 is 0 Å². The molecule has 5 rings (SSSR count). The minimum absolute atomic E-state index is 0. The summed E-state index contributed by atoms with van der Waals surface area (Å²) < 4.78 is 27.4. The highest BCUT2D eigenvalue weighted by molar-refractivity contribution is 7.89. The zero-order chi connectivity index (χ0) is 22.0. The fourth-order valence-corrected chi connectivity index (χ4v) is 6.92. The number of pyridine rings is 1. The molecule has 2 aromatic rings. The molecule has 0 unspecified atom stereocenters. The van der Waals surface area contributed by atoms with Crippen molar-refractivity contribution in [1.29, 1.82) is 0 Å². The molecule has 0 radical (unpaired) electrons. The Hall–Kier alpha value is -1.38. The van der Waals surface area contributed by atoms with Gasteiger partial charge in [0.15, 0.2) is 0 Å². The molecular formula is C25H36Cl2N4O2S. The van der Waals surface area contributed by atoms with Gasteiger partial charge in [0.1, 0.15) is 5.82 Å². The number of aromatic nitrogens is 1. The quantitative estimate of drug-likeness (QED) is 0.558. The first-order chi connectivity index (χ1) is 15.6. The van der Waals surface area contributed by atoms with E-state index in [1.54, 1.807) is 16.4 Å². The van der Waals surface area contributed by atoms with Crippen molar-refractivity contribution in [2.24, 2.45) is 0 Å². The van der Waals surface area contributed by atoms with Gasteiger partial charge in [-0.2, -0.15) is 4.31 Å². The summed E-state index contributed by atoms with van der Waals surface area (Å²) in [6.45, 7) is 5.58. The summed E-state index contributed by atoms with van der Waals surface area (Å²) in [5, 5.41) is 0. The molecule has 0 atom stereocenters. The summed E-state index contributed by atoms with van der Waals surface area (Å²) in [7, 11) is -3.39. The van der Waals surface area contributed by atoms with Crippen LogP contribution in [-0.4, -0.2) is 67.9 Å². The van der Waals surface area contributed by atoms with Gasteiger partial charge in [-0.25, -0.2) is 13.4 Å². The number of piperidine rings is 1. The number of hydrogen-bond donors (Lipinski definition) is 0. The number of halogens is 2. The lowest BCUT2D eigenvalue weighted by Crippen LogP contribution is -2.49. The van der Waals surface area contributed by atoms with Crippen molar-refractivity contribution in [2.75, 3.05) is 44.2 Å². The van der Waals surface area contributed by atoms with Crippen LogP contribution in [0.2, 0.25) is 0 Å². The second kappa shape index (κ2) is 12.0. The minimum atomic E-state index is -3.39. The average molecular weight is 528 g/mol. The molecule has 2 saturated heterocycles. The van der Waals surface area contributed by atoms with Crippen molar-refractivity contribution in [3.8, 4) is 11.1 Å². The van der Waals surface area contributed by atoms with E-state index < -0.39 is 10.0 Å². The van der Waals surface area contributed by atoms with E-state index in [1.807, 2.05) is 18.3 Å². The lowest BCUT2D eigenvalue weighted by Gasteiger charge is -2.38. The minimum Gasteiger partial charge on any atom is -0.354 e. The summed E-state index contributed by atoms with van der Waals surface area (Å²) in [4.78, 5) is 10.2. The van der Waals surface area contributed by atoms with Gasteiger partial charge in [0, 0.05) is 57.1 Å². The Bertz CT molecular complexity index is 998. The van der Waals surface area contributed by atoms with E-state index in [9.17, 15) is 8.42 Å². The first kappa shape index (κ1) is 27.2. The van der Waals surface area contributed by atoms with Crippen LogP contribution in [0.15, 0.2) is 47.5 Å².